The first kappa shape index (κ1) is 14.0. The van der Waals surface area contributed by atoms with E-state index >= 15 is 0 Å². The van der Waals surface area contributed by atoms with Crippen LogP contribution in [0.25, 0.3) is 0 Å². The topological polar surface area (TPSA) is 62.9 Å². The molecule has 0 saturated heterocycles. The highest BCUT2D eigenvalue weighted by Crippen LogP contribution is 2.24. The number of aromatic nitrogens is 2. The molecule has 0 fully saturated rings. The minimum Gasteiger partial charge on any atom is -0.383 e. The molecule has 0 saturated carbocycles. The van der Waals surface area contributed by atoms with Crippen molar-refractivity contribution in [2.24, 2.45) is 0 Å². The van der Waals surface area contributed by atoms with E-state index in [1.54, 1.807) is 24.1 Å². The summed E-state index contributed by atoms with van der Waals surface area (Å²) < 4.78 is 33.9. The van der Waals surface area contributed by atoms with Crippen LogP contribution in [0.5, 0.6) is 0 Å². The Bertz CT molecular complexity index is 625. The van der Waals surface area contributed by atoms with Crippen molar-refractivity contribution in [2.45, 2.75) is 6.54 Å². The molecular weight excluding hydrogens is 266 g/mol. The fourth-order valence-corrected chi connectivity index (χ4v) is 1.64. The van der Waals surface area contributed by atoms with E-state index in [1.807, 2.05) is 0 Å². The SMILES string of the molecule is COCCn1cc(Nc2c(F)cc(C#N)cc2F)cn1. The molecule has 0 atom stereocenters. The summed E-state index contributed by atoms with van der Waals surface area (Å²) in [4.78, 5) is 0. The Morgan fingerprint density at radius 1 is 1.40 bits per heavy atom. The number of hydrogen-bond donors (Lipinski definition) is 1. The molecule has 20 heavy (non-hydrogen) atoms. The highest BCUT2D eigenvalue weighted by atomic mass is 19.1. The summed E-state index contributed by atoms with van der Waals surface area (Å²) in [6.45, 7) is 1.03. The van der Waals surface area contributed by atoms with Crippen molar-refractivity contribution in [3.63, 3.8) is 0 Å². The summed E-state index contributed by atoms with van der Waals surface area (Å²) in [6, 6.07) is 3.63. The lowest BCUT2D eigenvalue weighted by atomic mass is 10.2. The van der Waals surface area contributed by atoms with Crippen molar-refractivity contribution < 1.29 is 13.5 Å². The molecule has 1 heterocycles. The lowest BCUT2D eigenvalue weighted by molar-refractivity contribution is 0.183. The number of halogens is 2. The van der Waals surface area contributed by atoms with E-state index in [2.05, 4.69) is 10.4 Å². The molecule has 1 aromatic carbocycles. The molecule has 1 N–H and O–H groups in total. The molecule has 0 radical (unpaired) electrons. The molecule has 1 aromatic heterocycles. The normalized spacial score (nSPS) is 10.3. The number of nitrogens with one attached hydrogen (secondary N) is 1. The van der Waals surface area contributed by atoms with Crippen LogP contribution in [-0.2, 0) is 11.3 Å². The highest BCUT2D eigenvalue weighted by Gasteiger charge is 2.12. The van der Waals surface area contributed by atoms with Gasteiger partial charge in [-0.05, 0) is 12.1 Å². The van der Waals surface area contributed by atoms with Crippen LogP contribution >= 0.6 is 0 Å². The third kappa shape index (κ3) is 3.10. The summed E-state index contributed by atoms with van der Waals surface area (Å²) in [6.07, 6.45) is 3.06. The minimum atomic E-state index is -0.828. The number of anilines is 2. The average Bonchev–Trinajstić information content (AvgIpc) is 2.88. The van der Waals surface area contributed by atoms with E-state index in [-0.39, 0.29) is 11.3 Å². The van der Waals surface area contributed by atoms with Crippen LogP contribution in [0.1, 0.15) is 5.56 Å². The van der Waals surface area contributed by atoms with Gasteiger partial charge in [0.2, 0.25) is 0 Å². The van der Waals surface area contributed by atoms with Gasteiger partial charge in [0.25, 0.3) is 0 Å². The molecule has 0 amide bonds. The Labute approximate surface area is 114 Å². The monoisotopic (exact) mass is 278 g/mol. The van der Waals surface area contributed by atoms with Gasteiger partial charge in [-0.2, -0.15) is 10.4 Å². The molecule has 0 aliphatic heterocycles. The fourth-order valence-electron chi connectivity index (χ4n) is 1.64. The Kier molecular flexibility index (Phi) is 4.27. The van der Waals surface area contributed by atoms with Crippen LogP contribution in [-0.4, -0.2) is 23.5 Å². The maximum atomic E-state index is 13.7. The summed E-state index contributed by atoms with van der Waals surface area (Å²) in [5.41, 5.74) is 0.0697. The second kappa shape index (κ2) is 6.12. The minimum absolute atomic E-state index is 0.0682. The molecule has 0 aliphatic carbocycles. The van der Waals surface area contributed by atoms with Crippen LogP contribution in [0.15, 0.2) is 24.5 Å². The molecule has 0 bridgehead atoms. The lowest BCUT2D eigenvalue weighted by Crippen LogP contribution is -2.04. The van der Waals surface area contributed by atoms with E-state index in [0.29, 0.717) is 18.8 Å². The molecule has 0 unspecified atom stereocenters. The van der Waals surface area contributed by atoms with E-state index < -0.39 is 11.6 Å². The zero-order valence-electron chi connectivity index (χ0n) is 10.7. The van der Waals surface area contributed by atoms with E-state index in [1.165, 1.54) is 6.20 Å². The molecule has 104 valence electrons. The molecular formula is C13H12F2N4O. The second-order valence-corrected chi connectivity index (χ2v) is 4.04. The Balaban J connectivity index is 2.18. The predicted molar refractivity (Wildman–Crippen MR) is 68.5 cm³/mol. The third-order valence-corrected chi connectivity index (χ3v) is 2.60. The number of nitrogens with zero attached hydrogens (tertiary/aromatic N) is 3. The van der Waals surface area contributed by atoms with Gasteiger partial charge in [-0.25, -0.2) is 8.78 Å². The quantitative estimate of drug-likeness (QED) is 0.912. The Morgan fingerprint density at radius 3 is 2.70 bits per heavy atom. The van der Waals surface area contributed by atoms with Crippen LogP contribution in [0, 0.1) is 23.0 Å². The standard InChI is InChI=1S/C13H12F2N4O/c1-20-3-2-19-8-10(7-17-19)18-13-11(14)4-9(6-16)5-12(13)15/h4-5,7-8,18H,2-3H2,1H3. The zero-order chi connectivity index (χ0) is 14.5. The van der Waals surface area contributed by atoms with Gasteiger partial charge >= 0.3 is 0 Å². The average molecular weight is 278 g/mol. The van der Waals surface area contributed by atoms with E-state index in [4.69, 9.17) is 10.00 Å². The Morgan fingerprint density at radius 2 is 2.10 bits per heavy atom. The maximum absolute atomic E-state index is 13.7. The summed E-state index contributed by atoms with van der Waals surface area (Å²) >= 11 is 0. The number of rotatable bonds is 5. The molecule has 0 aliphatic rings. The second-order valence-electron chi connectivity index (χ2n) is 4.04. The van der Waals surface area contributed by atoms with Gasteiger partial charge in [0, 0.05) is 13.3 Å². The van der Waals surface area contributed by atoms with Crippen molar-refractivity contribution in [3.05, 3.63) is 41.7 Å². The number of nitriles is 1. The van der Waals surface area contributed by atoms with Crippen LogP contribution in [0.3, 0.4) is 0 Å². The van der Waals surface area contributed by atoms with Gasteiger partial charge in [0.15, 0.2) is 11.6 Å². The summed E-state index contributed by atoms with van der Waals surface area (Å²) in [5.74, 6) is -1.66. The van der Waals surface area contributed by atoms with Crippen molar-refractivity contribution in [2.75, 3.05) is 19.0 Å². The van der Waals surface area contributed by atoms with Crippen molar-refractivity contribution in [1.82, 2.24) is 9.78 Å². The van der Waals surface area contributed by atoms with Crippen molar-refractivity contribution in [1.29, 1.82) is 5.26 Å². The molecule has 0 spiro atoms. The van der Waals surface area contributed by atoms with E-state index in [0.717, 1.165) is 12.1 Å². The van der Waals surface area contributed by atoms with E-state index in [9.17, 15) is 8.78 Å². The lowest BCUT2D eigenvalue weighted by Gasteiger charge is -2.06. The van der Waals surface area contributed by atoms with Crippen LogP contribution in [0.4, 0.5) is 20.2 Å². The molecule has 2 rings (SSSR count). The van der Waals surface area contributed by atoms with Gasteiger partial charge in [-0.1, -0.05) is 0 Å². The first-order valence-electron chi connectivity index (χ1n) is 5.81. The first-order valence-corrected chi connectivity index (χ1v) is 5.81. The zero-order valence-corrected chi connectivity index (χ0v) is 10.7. The van der Waals surface area contributed by atoms with Gasteiger partial charge in [0.1, 0.15) is 5.69 Å². The summed E-state index contributed by atoms with van der Waals surface area (Å²) in [7, 11) is 1.57. The van der Waals surface area contributed by atoms with Crippen molar-refractivity contribution >= 4 is 11.4 Å². The number of methoxy groups -OCH3 is 1. The number of ether oxygens (including phenoxy) is 1. The van der Waals surface area contributed by atoms with Crippen molar-refractivity contribution in [3.8, 4) is 6.07 Å². The smallest absolute Gasteiger partial charge is 0.150 e. The summed E-state index contributed by atoms with van der Waals surface area (Å²) in [5, 5.41) is 15.2. The fraction of sp³-hybridized carbons (Fsp3) is 0.231. The van der Waals surface area contributed by atoms with Gasteiger partial charge in [-0.15, -0.1) is 0 Å². The predicted octanol–water partition coefficient (Wildman–Crippen LogP) is 2.42. The number of benzene rings is 1. The largest absolute Gasteiger partial charge is 0.383 e. The highest BCUT2D eigenvalue weighted by molar-refractivity contribution is 5.60. The molecule has 5 nitrogen and oxygen atoms in total. The Hall–Kier alpha value is -2.46. The number of hydrogen-bond acceptors (Lipinski definition) is 4. The maximum Gasteiger partial charge on any atom is 0.150 e. The molecule has 7 heteroatoms. The first-order chi connectivity index (χ1) is 9.63. The molecule has 2 aromatic rings. The third-order valence-electron chi connectivity index (χ3n) is 2.60. The van der Waals surface area contributed by atoms with Gasteiger partial charge < -0.3 is 10.1 Å². The van der Waals surface area contributed by atoms with Gasteiger partial charge in [0.05, 0.1) is 36.7 Å². The van der Waals surface area contributed by atoms with Crippen LogP contribution < -0.4 is 5.32 Å². The van der Waals surface area contributed by atoms with Crippen LogP contribution in [0.2, 0.25) is 0 Å². The van der Waals surface area contributed by atoms with Gasteiger partial charge in [-0.3, -0.25) is 4.68 Å².